The molecule has 3 aromatic carbocycles. The normalized spacial score (nSPS) is 11.6. The van der Waals surface area contributed by atoms with Crippen LogP contribution in [0.1, 0.15) is 41.9 Å². The Hall–Kier alpha value is -4.33. The maximum Gasteiger partial charge on any atom is 0.240 e. The van der Waals surface area contributed by atoms with Gasteiger partial charge in [0.1, 0.15) is 11.8 Å². The molecular weight excluding hydrogens is 454 g/mol. The van der Waals surface area contributed by atoms with Crippen LogP contribution in [0.2, 0.25) is 0 Å². The lowest BCUT2D eigenvalue weighted by atomic mass is 9.89. The first kappa shape index (κ1) is 26.3. The molecule has 0 radical (unpaired) electrons. The van der Waals surface area contributed by atoms with E-state index < -0.39 is 17.9 Å². The molecule has 2 amide bonds. The molecule has 3 aromatic rings. The number of carbonyl (C=O) groups excluding carboxylic acids is 2. The second-order valence-corrected chi connectivity index (χ2v) is 8.61. The zero-order chi connectivity index (χ0) is 25.9. The highest BCUT2D eigenvalue weighted by Gasteiger charge is 2.34. The van der Waals surface area contributed by atoms with E-state index in [0.29, 0.717) is 25.8 Å². The van der Waals surface area contributed by atoms with Crippen LogP contribution in [0.15, 0.2) is 89.9 Å². The maximum atomic E-state index is 14.3. The molecule has 0 aliphatic rings. The number of phenols is 1. The molecule has 0 aromatic heterocycles. The summed E-state index contributed by atoms with van der Waals surface area (Å²) in [5.41, 5.74) is 19.1. The van der Waals surface area contributed by atoms with Crippen molar-refractivity contribution in [2.75, 3.05) is 6.54 Å². The van der Waals surface area contributed by atoms with E-state index in [9.17, 15) is 14.7 Å². The summed E-state index contributed by atoms with van der Waals surface area (Å²) in [6, 6.07) is 24.7. The minimum absolute atomic E-state index is 0.0131. The van der Waals surface area contributed by atoms with E-state index in [2.05, 4.69) is 4.99 Å². The second kappa shape index (κ2) is 12.9. The number of unbranched alkanes of at least 4 members (excludes halogenated alkanes) is 1. The van der Waals surface area contributed by atoms with E-state index in [1.165, 1.54) is 0 Å². The third-order valence-corrected chi connectivity index (χ3v) is 5.97. The Morgan fingerprint density at radius 1 is 0.806 bits per heavy atom. The number of hydrogen-bond donors (Lipinski definition) is 4. The number of benzene rings is 3. The molecule has 1 atom stereocenters. The highest BCUT2D eigenvalue weighted by atomic mass is 16.3. The molecule has 0 aliphatic heterocycles. The maximum absolute atomic E-state index is 14.3. The number of nitrogens with two attached hydrogens (primary N) is 3. The van der Waals surface area contributed by atoms with E-state index in [1.54, 1.807) is 29.2 Å². The van der Waals surface area contributed by atoms with Crippen LogP contribution >= 0.6 is 0 Å². The Morgan fingerprint density at radius 2 is 1.36 bits per heavy atom. The highest BCUT2D eigenvalue weighted by Crippen LogP contribution is 2.29. The van der Waals surface area contributed by atoms with E-state index in [4.69, 9.17) is 17.2 Å². The summed E-state index contributed by atoms with van der Waals surface area (Å²) < 4.78 is 0. The third kappa shape index (κ3) is 7.33. The van der Waals surface area contributed by atoms with Gasteiger partial charge in [-0.1, -0.05) is 72.8 Å². The monoisotopic (exact) mass is 487 g/mol. The fourth-order valence-corrected chi connectivity index (χ4v) is 4.18. The van der Waals surface area contributed by atoms with Gasteiger partial charge in [0.05, 0.1) is 5.92 Å². The van der Waals surface area contributed by atoms with E-state index in [1.807, 2.05) is 60.7 Å². The van der Waals surface area contributed by atoms with Crippen molar-refractivity contribution in [1.82, 2.24) is 4.90 Å². The Bertz CT molecular complexity index is 1110. The average molecular weight is 488 g/mol. The van der Waals surface area contributed by atoms with E-state index in [0.717, 1.165) is 16.7 Å². The zero-order valence-electron chi connectivity index (χ0n) is 20.2. The fourth-order valence-electron chi connectivity index (χ4n) is 4.18. The van der Waals surface area contributed by atoms with Crippen molar-refractivity contribution in [2.24, 2.45) is 22.2 Å². The Labute approximate surface area is 211 Å². The molecule has 0 aliphatic carbocycles. The molecule has 7 N–H and O–H groups in total. The summed E-state index contributed by atoms with van der Waals surface area (Å²) in [4.78, 5) is 32.5. The van der Waals surface area contributed by atoms with Crippen LogP contribution in [0, 0.1) is 0 Å². The van der Waals surface area contributed by atoms with Crippen LogP contribution in [-0.2, 0) is 16.1 Å². The standard InChI is InChI=1S/C28H33N5O3/c29-26(35)24(13-7-8-18-32-28(30)31)33(19-20-14-16-23(34)17-15-20)27(36)25(21-9-3-1-4-10-21)22-11-5-2-6-12-22/h1-6,9-12,14-17,24-25,34H,7-8,13,18-19H2,(H2,29,35)(H4,30,31,32)/t24-/m1/s1. The number of aliphatic imine (C=N–C) groups is 1. The summed E-state index contributed by atoms with van der Waals surface area (Å²) >= 11 is 0. The number of guanidine groups is 1. The number of primary amides is 1. The number of hydrogen-bond acceptors (Lipinski definition) is 4. The number of aromatic hydroxyl groups is 1. The number of phenolic OH excluding ortho intramolecular Hbond substituents is 1. The van der Waals surface area contributed by atoms with Crippen molar-refractivity contribution in [2.45, 2.75) is 37.8 Å². The van der Waals surface area contributed by atoms with Crippen molar-refractivity contribution in [3.63, 3.8) is 0 Å². The minimum Gasteiger partial charge on any atom is -0.508 e. The lowest BCUT2D eigenvalue weighted by Crippen LogP contribution is -2.49. The Morgan fingerprint density at radius 3 is 1.86 bits per heavy atom. The molecule has 0 heterocycles. The van der Waals surface area contributed by atoms with Gasteiger partial charge in [0.25, 0.3) is 0 Å². The van der Waals surface area contributed by atoms with E-state index >= 15 is 0 Å². The summed E-state index contributed by atoms with van der Waals surface area (Å²) in [5, 5.41) is 9.71. The molecule has 8 nitrogen and oxygen atoms in total. The van der Waals surface area contributed by atoms with Crippen molar-refractivity contribution in [1.29, 1.82) is 0 Å². The van der Waals surface area contributed by atoms with Gasteiger partial charge in [-0.25, -0.2) is 0 Å². The van der Waals surface area contributed by atoms with Crippen molar-refractivity contribution >= 4 is 17.8 Å². The van der Waals surface area contributed by atoms with Crippen LogP contribution in [0.5, 0.6) is 5.75 Å². The van der Waals surface area contributed by atoms with E-state index in [-0.39, 0.29) is 24.2 Å². The van der Waals surface area contributed by atoms with Gasteiger partial charge in [0, 0.05) is 13.1 Å². The number of carbonyl (C=O) groups is 2. The molecule has 0 spiro atoms. The molecule has 3 rings (SSSR count). The van der Waals surface area contributed by atoms with Crippen LogP contribution in [0.3, 0.4) is 0 Å². The zero-order valence-corrected chi connectivity index (χ0v) is 20.2. The molecule has 0 unspecified atom stereocenters. The van der Waals surface area contributed by atoms with Crippen molar-refractivity contribution in [3.8, 4) is 5.75 Å². The predicted molar refractivity (Wildman–Crippen MR) is 141 cm³/mol. The summed E-state index contributed by atoms with van der Waals surface area (Å²) in [7, 11) is 0. The van der Waals surface area contributed by atoms with Gasteiger partial charge in [-0.05, 0) is 48.1 Å². The smallest absolute Gasteiger partial charge is 0.240 e. The van der Waals surface area contributed by atoms with Gasteiger partial charge in [-0.2, -0.15) is 0 Å². The first-order chi connectivity index (χ1) is 17.4. The van der Waals surface area contributed by atoms with Crippen molar-refractivity contribution < 1.29 is 14.7 Å². The summed E-state index contributed by atoms with van der Waals surface area (Å²) in [5.74, 6) is -1.29. The van der Waals surface area contributed by atoms with Crippen LogP contribution < -0.4 is 17.2 Å². The molecule has 36 heavy (non-hydrogen) atoms. The molecule has 0 saturated carbocycles. The van der Waals surface area contributed by atoms with Crippen LogP contribution in [0.4, 0.5) is 0 Å². The summed E-state index contributed by atoms with van der Waals surface area (Å²) in [6.07, 6.45) is 1.62. The Balaban J connectivity index is 1.97. The fraction of sp³-hybridized carbons (Fsp3) is 0.250. The third-order valence-electron chi connectivity index (χ3n) is 5.97. The average Bonchev–Trinajstić information content (AvgIpc) is 2.87. The molecule has 0 fully saturated rings. The molecule has 8 heteroatoms. The van der Waals surface area contributed by atoms with Gasteiger partial charge < -0.3 is 27.2 Å². The van der Waals surface area contributed by atoms with Gasteiger partial charge in [0.15, 0.2) is 5.96 Å². The van der Waals surface area contributed by atoms with Gasteiger partial charge in [-0.3, -0.25) is 14.6 Å². The highest BCUT2D eigenvalue weighted by molar-refractivity contribution is 5.92. The SMILES string of the molecule is NC(=O)[C@@H](CCCCN=C(N)N)N(Cc1ccc(O)cc1)C(=O)C(c1ccccc1)c1ccccc1. The first-order valence-corrected chi connectivity index (χ1v) is 11.9. The lowest BCUT2D eigenvalue weighted by Gasteiger charge is -2.33. The number of rotatable bonds is 12. The van der Waals surface area contributed by atoms with Crippen LogP contribution in [-0.4, -0.2) is 40.4 Å². The second-order valence-electron chi connectivity index (χ2n) is 8.61. The quantitative estimate of drug-likeness (QED) is 0.176. The topological polar surface area (TPSA) is 148 Å². The van der Waals surface area contributed by atoms with Gasteiger partial charge in [0.2, 0.25) is 11.8 Å². The number of nitrogens with zero attached hydrogens (tertiary/aromatic N) is 2. The first-order valence-electron chi connectivity index (χ1n) is 11.9. The van der Waals surface area contributed by atoms with Crippen LogP contribution in [0.25, 0.3) is 0 Å². The molecular formula is C28H33N5O3. The number of amides is 2. The largest absolute Gasteiger partial charge is 0.508 e. The minimum atomic E-state index is -0.833. The van der Waals surface area contributed by atoms with Crippen molar-refractivity contribution in [3.05, 3.63) is 102 Å². The summed E-state index contributed by atoms with van der Waals surface area (Å²) in [6.45, 7) is 0.590. The predicted octanol–water partition coefficient (Wildman–Crippen LogP) is 2.85. The molecule has 188 valence electrons. The lowest BCUT2D eigenvalue weighted by molar-refractivity contribution is -0.141. The van der Waals surface area contributed by atoms with Gasteiger partial charge in [-0.15, -0.1) is 0 Å². The molecule has 0 bridgehead atoms. The van der Waals surface area contributed by atoms with Gasteiger partial charge >= 0.3 is 0 Å². The Kier molecular flexibility index (Phi) is 9.45. The molecule has 0 saturated heterocycles.